The molecule has 2 nitrogen and oxygen atoms in total. The van der Waals surface area contributed by atoms with Gasteiger partial charge in [0.05, 0.1) is 6.10 Å². The predicted molar refractivity (Wildman–Crippen MR) is 68.8 cm³/mol. The van der Waals surface area contributed by atoms with Crippen LogP contribution < -0.4 is 5.32 Å². The van der Waals surface area contributed by atoms with Gasteiger partial charge in [0.25, 0.3) is 0 Å². The fourth-order valence-electron chi connectivity index (χ4n) is 2.05. The Morgan fingerprint density at radius 2 is 2.31 bits per heavy atom. The number of hydrogen-bond donors (Lipinski definition) is 2. The van der Waals surface area contributed by atoms with Gasteiger partial charge < -0.3 is 10.4 Å². The zero-order chi connectivity index (χ0) is 11.4. The van der Waals surface area contributed by atoms with Gasteiger partial charge in [0.1, 0.15) is 0 Å². The van der Waals surface area contributed by atoms with Gasteiger partial charge in [-0.05, 0) is 37.1 Å². The topological polar surface area (TPSA) is 32.3 Å². The second-order valence-electron chi connectivity index (χ2n) is 4.34. The summed E-state index contributed by atoms with van der Waals surface area (Å²) in [7, 11) is 0. The standard InChI is InChI=1S/C13H19NOS/c1-10(15)9-14-12-6-4-8-16-13-7-3-2-5-11(12)13/h2-3,5,7,10,12,14-15H,4,6,8-9H2,1H3/t10-,12?/m1/s1. The summed E-state index contributed by atoms with van der Waals surface area (Å²) in [6, 6.07) is 9.00. The average Bonchev–Trinajstić information content (AvgIpc) is 2.48. The van der Waals surface area contributed by atoms with Crippen molar-refractivity contribution in [3.05, 3.63) is 29.8 Å². The SMILES string of the molecule is C[C@@H](O)CNC1CCCSc2ccccc21. The Morgan fingerprint density at radius 3 is 3.12 bits per heavy atom. The van der Waals surface area contributed by atoms with Gasteiger partial charge in [0, 0.05) is 17.5 Å². The number of aliphatic hydroxyl groups excluding tert-OH is 1. The van der Waals surface area contributed by atoms with E-state index >= 15 is 0 Å². The lowest BCUT2D eigenvalue weighted by Gasteiger charge is -2.19. The third-order valence-corrected chi connectivity index (χ3v) is 4.02. The van der Waals surface area contributed by atoms with E-state index < -0.39 is 0 Å². The molecule has 1 aliphatic heterocycles. The van der Waals surface area contributed by atoms with Gasteiger partial charge in [0.15, 0.2) is 0 Å². The first-order chi connectivity index (χ1) is 7.77. The van der Waals surface area contributed by atoms with E-state index in [4.69, 9.17) is 0 Å². The molecule has 0 saturated heterocycles. The summed E-state index contributed by atoms with van der Waals surface area (Å²) >= 11 is 1.95. The van der Waals surface area contributed by atoms with Crippen LogP contribution >= 0.6 is 11.8 Å². The molecule has 1 unspecified atom stereocenters. The lowest BCUT2D eigenvalue weighted by Crippen LogP contribution is -2.28. The molecule has 0 amide bonds. The van der Waals surface area contributed by atoms with Crippen molar-refractivity contribution >= 4 is 11.8 Å². The van der Waals surface area contributed by atoms with E-state index in [1.165, 1.54) is 22.6 Å². The molecule has 0 aromatic heterocycles. The molecule has 1 aliphatic rings. The Bertz CT molecular complexity index is 340. The molecule has 2 atom stereocenters. The molecule has 0 aliphatic carbocycles. The zero-order valence-electron chi connectivity index (χ0n) is 9.65. The Labute approximate surface area is 101 Å². The van der Waals surface area contributed by atoms with Crippen molar-refractivity contribution in [1.29, 1.82) is 0 Å². The average molecular weight is 237 g/mol. The summed E-state index contributed by atoms with van der Waals surface area (Å²) in [5.41, 5.74) is 1.39. The van der Waals surface area contributed by atoms with Crippen LogP contribution in [0.5, 0.6) is 0 Å². The third-order valence-electron chi connectivity index (χ3n) is 2.85. The number of nitrogens with one attached hydrogen (secondary N) is 1. The molecule has 1 aromatic carbocycles. The van der Waals surface area contributed by atoms with E-state index in [0.29, 0.717) is 12.6 Å². The fraction of sp³-hybridized carbons (Fsp3) is 0.538. The summed E-state index contributed by atoms with van der Waals surface area (Å²) in [6.07, 6.45) is 2.12. The number of benzene rings is 1. The van der Waals surface area contributed by atoms with Crippen molar-refractivity contribution in [2.24, 2.45) is 0 Å². The molecule has 2 rings (SSSR count). The first-order valence-corrected chi connectivity index (χ1v) is 6.89. The number of fused-ring (bicyclic) bond motifs is 1. The zero-order valence-corrected chi connectivity index (χ0v) is 10.5. The molecule has 0 saturated carbocycles. The Balaban J connectivity index is 2.12. The second-order valence-corrected chi connectivity index (χ2v) is 5.48. The lowest BCUT2D eigenvalue weighted by atomic mass is 10.0. The molecule has 1 heterocycles. The largest absolute Gasteiger partial charge is 0.392 e. The predicted octanol–water partition coefficient (Wildman–Crippen LogP) is 2.58. The smallest absolute Gasteiger partial charge is 0.0636 e. The number of aliphatic hydroxyl groups is 1. The lowest BCUT2D eigenvalue weighted by molar-refractivity contribution is 0.185. The minimum atomic E-state index is -0.275. The number of rotatable bonds is 3. The maximum absolute atomic E-state index is 9.33. The first-order valence-electron chi connectivity index (χ1n) is 5.90. The van der Waals surface area contributed by atoms with Gasteiger partial charge in [-0.3, -0.25) is 0 Å². The van der Waals surface area contributed by atoms with E-state index in [1.54, 1.807) is 0 Å². The quantitative estimate of drug-likeness (QED) is 0.847. The molecular formula is C13H19NOS. The molecule has 16 heavy (non-hydrogen) atoms. The van der Waals surface area contributed by atoms with Crippen molar-refractivity contribution in [3.63, 3.8) is 0 Å². The molecule has 0 radical (unpaired) electrons. The molecule has 0 spiro atoms. The van der Waals surface area contributed by atoms with Crippen molar-refractivity contribution in [2.45, 2.75) is 36.8 Å². The van der Waals surface area contributed by atoms with Gasteiger partial charge >= 0.3 is 0 Å². The minimum Gasteiger partial charge on any atom is -0.392 e. The van der Waals surface area contributed by atoms with Crippen LogP contribution in [0.15, 0.2) is 29.2 Å². The number of thioether (sulfide) groups is 1. The fourth-order valence-corrected chi connectivity index (χ4v) is 3.13. The summed E-state index contributed by atoms with van der Waals surface area (Å²) in [6.45, 7) is 2.49. The van der Waals surface area contributed by atoms with Gasteiger partial charge in [-0.25, -0.2) is 0 Å². The molecule has 2 N–H and O–H groups in total. The Hall–Kier alpha value is -0.510. The Kier molecular flexibility index (Phi) is 4.27. The molecular weight excluding hydrogens is 218 g/mol. The summed E-state index contributed by atoms with van der Waals surface area (Å²) in [4.78, 5) is 1.39. The molecule has 3 heteroatoms. The van der Waals surface area contributed by atoms with E-state index in [2.05, 4.69) is 29.6 Å². The van der Waals surface area contributed by atoms with Gasteiger partial charge in [0.2, 0.25) is 0 Å². The van der Waals surface area contributed by atoms with Crippen LogP contribution in [0.3, 0.4) is 0 Å². The first kappa shape index (κ1) is 12.0. The van der Waals surface area contributed by atoms with Crippen molar-refractivity contribution in [1.82, 2.24) is 5.32 Å². The van der Waals surface area contributed by atoms with Crippen molar-refractivity contribution < 1.29 is 5.11 Å². The van der Waals surface area contributed by atoms with Crippen LogP contribution in [0.4, 0.5) is 0 Å². The summed E-state index contributed by atoms with van der Waals surface area (Å²) in [5.74, 6) is 1.20. The van der Waals surface area contributed by atoms with Crippen LogP contribution in [0.25, 0.3) is 0 Å². The molecule has 0 fully saturated rings. The van der Waals surface area contributed by atoms with Crippen LogP contribution in [-0.2, 0) is 0 Å². The van der Waals surface area contributed by atoms with Gasteiger partial charge in [-0.2, -0.15) is 0 Å². The van der Waals surface area contributed by atoms with Crippen molar-refractivity contribution in [2.75, 3.05) is 12.3 Å². The van der Waals surface area contributed by atoms with Gasteiger partial charge in [-0.1, -0.05) is 18.2 Å². The van der Waals surface area contributed by atoms with E-state index in [1.807, 2.05) is 18.7 Å². The number of hydrogen-bond acceptors (Lipinski definition) is 3. The van der Waals surface area contributed by atoms with E-state index in [9.17, 15) is 5.11 Å². The van der Waals surface area contributed by atoms with Crippen molar-refractivity contribution in [3.8, 4) is 0 Å². The van der Waals surface area contributed by atoms with E-state index in [0.717, 1.165) is 6.42 Å². The minimum absolute atomic E-state index is 0.275. The molecule has 0 bridgehead atoms. The maximum atomic E-state index is 9.33. The molecule has 1 aromatic rings. The third kappa shape index (κ3) is 3.00. The maximum Gasteiger partial charge on any atom is 0.0636 e. The second kappa shape index (κ2) is 5.71. The van der Waals surface area contributed by atoms with Gasteiger partial charge in [-0.15, -0.1) is 11.8 Å². The van der Waals surface area contributed by atoms with Crippen LogP contribution in [0, 0.1) is 0 Å². The highest BCUT2D eigenvalue weighted by atomic mass is 32.2. The highest BCUT2D eigenvalue weighted by molar-refractivity contribution is 7.99. The van der Waals surface area contributed by atoms with Crippen LogP contribution in [-0.4, -0.2) is 23.5 Å². The monoisotopic (exact) mass is 237 g/mol. The normalized spacial score (nSPS) is 22.2. The van der Waals surface area contributed by atoms with Crippen LogP contribution in [0.2, 0.25) is 0 Å². The van der Waals surface area contributed by atoms with E-state index in [-0.39, 0.29) is 6.10 Å². The summed E-state index contributed by atoms with van der Waals surface area (Å²) < 4.78 is 0. The molecule has 88 valence electrons. The Morgan fingerprint density at radius 1 is 1.50 bits per heavy atom. The summed E-state index contributed by atoms with van der Waals surface area (Å²) in [5, 5.41) is 12.8. The highest BCUT2D eigenvalue weighted by Gasteiger charge is 2.18. The van der Waals surface area contributed by atoms with Crippen LogP contribution in [0.1, 0.15) is 31.4 Å². The highest BCUT2D eigenvalue weighted by Crippen LogP contribution is 2.34.